The summed E-state index contributed by atoms with van der Waals surface area (Å²) in [5, 5.41) is 1.98. The molecule has 2 unspecified atom stereocenters. The van der Waals surface area contributed by atoms with E-state index in [0.29, 0.717) is 6.42 Å². The fourth-order valence-corrected chi connectivity index (χ4v) is 4.37. The number of ether oxygens (including phenoxy) is 2. The van der Waals surface area contributed by atoms with Gasteiger partial charge in [-0.2, -0.15) is 0 Å². The van der Waals surface area contributed by atoms with Crippen LogP contribution in [-0.4, -0.2) is 11.6 Å². The molecule has 23 heavy (non-hydrogen) atoms. The highest BCUT2D eigenvalue weighted by atomic mass is 79.9. The summed E-state index contributed by atoms with van der Waals surface area (Å²) >= 11 is 3.57. The zero-order valence-corrected chi connectivity index (χ0v) is 13.8. The largest absolute Gasteiger partial charge is 0.447 e. The molecule has 0 radical (unpaired) electrons. The second kappa shape index (κ2) is 4.26. The predicted octanol–water partition coefficient (Wildman–Crippen LogP) is 4.55. The molecule has 4 heteroatoms. The van der Waals surface area contributed by atoms with Crippen molar-refractivity contribution in [2.45, 2.75) is 18.6 Å². The monoisotopic (exact) mass is 368 g/mol. The van der Waals surface area contributed by atoms with Crippen LogP contribution in [0.5, 0.6) is 11.5 Å². The number of halogens is 1. The highest BCUT2D eigenvalue weighted by molar-refractivity contribution is 9.10. The fraction of sp³-hybridized carbons (Fsp3) is 0.211. The van der Waals surface area contributed by atoms with Crippen LogP contribution in [-0.2, 0) is 4.79 Å². The van der Waals surface area contributed by atoms with Crippen LogP contribution in [0.3, 0.4) is 0 Å². The summed E-state index contributed by atoms with van der Waals surface area (Å²) in [5.41, 5.74) is -0.750. The number of ketones is 1. The van der Waals surface area contributed by atoms with Crippen molar-refractivity contribution >= 4 is 32.5 Å². The summed E-state index contributed by atoms with van der Waals surface area (Å²) in [6.07, 6.45) is 8.94. The van der Waals surface area contributed by atoms with Gasteiger partial charge in [-0.3, -0.25) is 4.79 Å². The van der Waals surface area contributed by atoms with E-state index in [9.17, 15) is 4.79 Å². The van der Waals surface area contributed by atoms with Gasteiger partial charge in [-0.1, -0.05) is 40.2 Å². The Morgan fingerprint density at radius 2 is 1.87 bits per heavy atom. The Hall–Kier alpha value is -2.07. The lowest BCUT2D eigenvalue weighted by atomic mass is 9.78. The quantitative estimate of drug-likeness (QED) is 0.640. The van der Waals surface area contributed by atoms with Crippen LogP contribution in [0.15, 0.2) is 59.1 Å². The third kappa shape index (κ3) is 1.52. The molecule has 114 valence electrons. The van der Waals surface area contributed by atoms with Gasteiger partial charge in [0.05, 0.1) is 5.39 Å². The van der Waals surface area contributed by atoms with Gasteiger partial charge in [0, 0.05) is 15.9 Å². The van der Waals surface area contributed by atoms with Gasteiger partial charge in [-0.05, 0) is 37.1 Å². The minimum Gasteiger partial charge on any atom is -0.447 e. The van der Waals surface area contributed by atoms with Gasteiger partial charge in [0.1, 0.15) is 16.9 Å². The number of carbonyl (C=O) groups is 1. The first-order valence-corrected chi connectivity index (χ1v) is 8.45. The van der Waals surface area contributed by atoms with E-state index in [4.69, 9.17) is 9.47 Å². The second-order valence-corrected chi connectivity index (χ2v) is 7.06. The van der Waals surface area contributed by atoms with Crippen LogP contribution >= 0.6 is 15.9 Å². The third-order valence-corrected chi connectivity index (χ3v) is 5.75. The first kappa shape index (κ1) is 13.4. The maximum absolute atomic E-state index is 12.6. The average molecular weight is 369 g/mol. The SMILES string of the molecule is O=C1C=CC2(Oc3cccc4c(Br)ccc(c34)O2)C12C=CCC2. The summed E-state index contributed by atoms with van der Waals surface area (Å²) in [6, 6.07) is 9.83. The highest BCUT2D eigenvalue weighted by Crippen LogP contribution is 2.55. The van der Waals surface area contributed by atoms with Gasteiger partial charge in [-0.25, -0.2) is 0 Å². The molecule has 0 fully saturated rings. The predicted molar refractivity (Wildman–Crippen MR) is 90.6 cm³/mol. The molecule has 1 heterocycles. The number of hydrogen-bond acceptors (Lipinski definition) is 3. The van der Waals surface area contributed by atoms with Gasteiger partial charge in [0.2, 0.25) is 0 Å². The van der Waals surface area contributed by atoms with Crippen molar-refractivity contribution in [3.63, 3.8) is 0 Å². The minimum atomic E-state index is -1.08. The molecular weight excluding hydrogens is 356 g/mol. The Morgan fingerprint density at radius 1 is 1.04 bits per heavy atom. The number of allylic oxidation sites excluding steroid dienone is 2. The molecular formula is C19H13BrO3. The molecule has 2 atom stereocenters. The van der Waals surface area contributed by atoms with Crippen LogP contribution in [0.1, 0.15) is 12.8 Å². The molecule has 0 saturated heterocycles. The molecule has 0 aromatic heterocycles. The Kier molecular flexibility index (Phi) is 2.48. The van der Waals surface area contributed by atoms with Crippen molar-refractivity contribution in [1.29, 1.82) is 0 Å². The third-order valence-electron chi connectivity index (χ3n) is 5.06. The maximum Gasteiger partial charge on any atom is 0.287 e. The van der Waals surface area contributed by atoms with Gasteiger partial charge in [0.15, 0.2) is 5.78 Å². The van der Waals surface area contributed by atoms with Gasteiger partial charge in [0.25, 0.3) is 5.79 Å². The zero-order valence-electron chi connectivity index (χ0n) is 12.2. The summed E-state index contributed by atoms with van der Waals surface area (Å²) in [7, 11) is 0. The van der Waals surface area contributed by atoms with Crippen LogP contribution in [0.4, 0.5) is 0 Å². The Balaban J connectivity index is 1.76. The van der Waals surface area contributed by atoms with Crippen molar-refractivity contribution in [3.8, 4) is 11.5 Å². The van der Waals surface area contributed by atoms with Crippen LogP contribution < -0.4 is 9.47 Å². The van der Waals surface area contributed by atoms with Crippen molar-refractivity contribution in [1.82, 2.24) is 0 Å². The van der Waals surface area contributed by atoms with E-state index in [-0.39, 0.29) is 5.78 Å². The highest BCUT2D eigenvalue weighted by Gasteiger charge is 2.62. The van der Waals surface area contributed by atoms with E-state index < -0.39 is 11.2 Å². The minimum absolute atomic E-state index is 0.0546. The summed E-state index contributed by atoms with van der Waals surface area (Å²) in [4.78, 5) is 12.6. The van der Waals surface area contributed by atoms with E-state index in [0.717, 1.165) is 33.2 Å². The van der Waals surface area contributed by atoms with E-state index in [1.165, 1.54) is 0 Å². The lowest BCUT2D eigenvalue weighted by molar-refractivity contribution is -0.159. The Morgan fingerprint density at radius 3 is 2.65 bits per heavy atom. The summed E-state index contributed by atoms with van der Waals surface area (Å²) in [5.74, 6) is 0.485. The second-order valence-electron chi connectivity index (χ2n) is 6.21. The molecule has 5 rings (SSSR count). The lowest BCUT2D eigenvalue weighted by Crippen LogP contribution is -2.55. The summed E-state index contributed by atoms with van der Waals surface area (Å²) in [6.45, 7) is 0. The molecule has 0 amide bonds. The van der Waals surface area contributed by atoms with E-state index >= 15 is 0 Å². The number of benzene rings is 2. The standard InChI is InChI=1S/C19H13BrO3/c20-13-6-7-15-17-12(13)4-3-5-14(17)22-19(23-15)11-8-16(21)18(19)9-1-2-10-18/h1,3-9,11H,2,10H2. The number of carbonyl (C=O) groups excluding carboxylic acids is 1. The first-order valence-electron chi connectivity index (χ1n) is 7.66. The van der Waals surface area contributed by atoms with Crippen LogP contribution in [0, 0.1) is 5.41 Å². The van der Waals surface area contributed by atoms with Crippen molar-refractivity contribution < 1.29 is 14.3 Å². The molecule has 2 aliphatic carbocycles. The Bertz CT molecular complexity index is 915. The molecule has 2 aromatic rings. The topological polar surface area (TPSA) is 35.5 Å². The van der Waals surface area contributed by atoms with Gasteiger partial charge in [-0.15, -0.1) is 0 Å². The van der Waals surface area contributed by atoms with Gasteiger partial charge < -0.3 is 9.47 Å². The summed E-state index contributed by atoms with van der Waals surface area (Å²) < 4.78 is 13.6. The van der Waals surface area contributed by atoms with E-state index in [2.05, 4.69) is 15.9 Å². The van der Waals surface area contributed by atoms with E-state index in [1.807, 2.05) is 42.5 Å². The maximum atomic E-state index is 12.6. The molecule has 3 nitrogen and oxygen atoms in total. The molecule has 0 saturated carbocycles. The van der Waals surface area contributed by atoms with Crippen LogP contribution in [0.25, 0.3) is 10.8 Å². The Labute approximate surface area is 141 Å². The number of hydrogen-bond donors (Lipinski definition) is 0. The molecule has 0 bridgehead atoms. The van der Waals surface area contributed by atoms with Crippen molar-refractivity contribution in [2.24, 2.45) is 5.41 Å². The number of rotatable bonds is 0. The van der Waals surface area contributed by atoms with E-state index in [1.54, 1.807) is 12.2 Å². The van der Waals surface area contributed by atoms with Crippen LogP contribution in [0.2, 0.25) is 0 Å². The molecule has 1 aliphatic heterocycles. The van der Waals surface area contributed by atoms with Crippen molar-refractivity contribution in [3.05, 3.63) is 59.1 Å². The smallest absolute Gasteiger partial charge is 0.287 e. The van der Waals surface area contributed by atoms with Crippen molar-refractivity contribution in [2.75, 3.05) is 0 Å². The number of fused-ring (bicyclic) bond motifs is 1. The van der Waals surface area contributed by atoms with Gasteiger partial charge >= 0.3 is 0 Å². The molecule has 2 spiro atoms. The molecule has 2 aromatic carbocycles. The molecule has 0 N–H and O–H groups in total. The molecule has 3 aliphatic rings. The zero-order chi connectivity index (χ0) is 15.7. The fourth-order valence-electron chi connectivity index (χ4n) is 3.90. The lowest BCUT2D eigenvalue weighted by Gasteiger charge is -2.43. The normalized spacial score (nSPS) is 30.4. The average Bonchev–Trinajstić information content (AvgIpc) is 3.15. The first-order chi connectivity index (χ1) is 11.2.